The number of rotatable bonds is 7. The van der Waals surface area contributed by atoms with E-state index in [4.69, 9.17) is 13.9 Å². The standard InChI is InChI=1S/C16H21NO3/c1-4-13-7-8-14(20-13)11-17-12-6-9-15(18-3)16(10-12)19-5-2/h6-10,17H,4-5,11H2,1-3H3. The molecule has 0 spiro atoms. The maximum Gasteiger partial charge on any atom is 0.163 e. The summed E-state index contributed by atoms with van der Waals surface area (Å²) >= 11 is 0. The van der Waals surface area contributed by atoms with Gasteiger partial charge in [-0.1, -0.05) is 6.92 Å². The second kappa shape index (κ2) is 6.89. The summed E-state index contributed by atoms with van der Waals surface area (Å²) in [7, 11) is 1.64. The van der Waals surface area contributed by atoms with Crippen molar-refractivity contribution >= 4 is 5.69 Å². The molecule has 0 saturated heterocycles. The molecular formula is C16H21NO3. The van der Waals surface area contributed by atoms with Gasteiger partial charge in [-0.05, 0) is 31.2 Å². The van der Waals surface area contributed by atoms with Gasteiger partial charge in [0.05, 0.1) is 20.3 Å². The molecule has 0 fully saturated rings. The molecule has 0 bridgehead atoms. The Bertz CT molecular complexity index is 548. The fraction of sp³-hybridized carbons (Fsp3) is 0.375. The van der Waals surface area contributed by atoms with Crippen LogP contribution in [0.5, 0.6) is 11.5 Å². The van der Waals surface area contributed by atoms with E-state index in [2.05, 4.69) is 12.2 Å². The van der Waals surface area contributed by atoms with Gasteiger partial charge in [-0.15, -0.1) is 0 Å². The molecule has 0 atom stereocenters. The third kappa shape index (κ3) is 3.47. The molecule has 0 aliphatic rings. The molecule has 0 radical (unpaired) electrons. The molecule has 0 saturated carbocycles. The van der Waals surface area contributed by atoms with E-state index in [0.717, 1.165) is 35.1 Å². The van der Waals surface area contributed by atoms with Crippen LogP contribution in [0, 0.1) is 0 Å². The molecule has 0 amide bonds. The molecule has 108 valence electrons. The number of nitrogens with one attached hydrogen (secondary N) is 1. The highest BCUT2D eigenvalue weighted by Crippen LogP contribution is 2.30. The van der Waals surface area contributed by atoms with E-state index in [1.165, 1.54) is 0 Å². The lowest BCUT2D eigenvalue weighted by Crippen LogP contribution is -2.00. The number of methoxy groups -OCH3 is 1. The summed E-state index contributed by atoms with van der Waals surface area (Å²) in [6.07, 6.45) is 0.914. The number of ether oxygens (including phenoxy) is 2. The van der Waals surface area contributed by atoms with Gasteiger partial charge in [-0.3, -0.25) is 0 Å². The van der Waals surface area contributed by atoms with E-state index in [0.29, 0.717) is 13.2 Å². The second-order valence-corrected chi connectivity index (χ2v) is 4.37. The molecule has 0 aliphatic heterocycles. The van der Waals surface area contributed by atoms with Gasteiger partial charge in [0, 0.05) is 18.2 Å². The Morgan fingerprint density at radius 3 is 2.50 bits per heavy atom. The molecule has 1 aromatic heterocycles. The van der Waals surface area contributed by atoms with Crippen molar-refractivity contribution in [3.05, 3.63) is 41.9 Å². The molecule has 0 unspecified atom stereocenters. The van der Waals surface area contributed by atoms with Crippen LogP contribution in [-0.2, 0) is 13.0 Å². The number of hydrogen-bond acceptors (Lipinski definition) is 4. The zero-order valence-corrected chi connectivity index (χ0v) is 12.2. The average Bonchev–Trinajstić information content (AvgIpc) is 2.94. The Labute approximate surface area is 119 Å². The number of anilines is 1. The third-order valence-electron chi connectivity index (χ3n) is 3.00. The van der Waals surface area contributed by atoms with Crippen molar-refractivity contribution < 1.29 is 13.9 Å². The van der Waals surface area contributed by atoms with E-state index < -0.39 is 0 Å². The van der Waals surface area contributed by atoms with Gasteiger partial charge in [-0.2, -0.15) is 0 Å². The van der Waals surface area contributed by atoms with Crippen LogP contribution in [0.2, 0.25) is 0 Å². The van der Waals surface area contributed by atoms with Gasteiger partial charge in [0.15, 0.2) is 11.5 Å². The number of benzene rings is 1. The Hall–Kier alpha value is -2.10. The predicted octanol–water partition coefficient (Wildman–Crippen LogP) is 3.86. The summed E-state index contributed by atoms with van der Waals surface area (Å²) in [5, 5.41) is 3.32. The summed E-state index contributed by atoms with van der Waals surface area (Å²) in [6.45, 7) is 5.29. The molecule has 0 aliphatic carbocycles. The van der Waals surface area contributed by atoms with E-state index in [1.807, 2.05) is 37.3 Å². The Balaban J connectivity index is 2.03. The van der Waals surface area contributed by atoms with Crippen LogP contribution in [-0.4, -0.2) is 13.7 Å². The van der Waals surface area contributed by atoms with Crippen LogP contribution in [0.4, 0.5) is 5.69 Å². The van der Waals surface area contributed by atoms with Crippen LogP contribution in [0.25, 0.3) is 0 Å². The van der Waals surface area contributed by atoms with Crippen molar-refractivity contribution in [2.24, 2.45) is 0 Å². The number of hydrogen-bond donors (Lipinski definition) is 1. The van der Waals surface area contributed by atoms with Gasteiger partial charge >= 0.3 is 0 Å². The summed E-state index contributed by atoms with van der Waals surface area (Å²) in [5.41, 5.74) is 0.976. The molecule has 1 N–H and O–H groups in total. The van der Waals surface area contributed by atoms with Crippen LogP contribution in [0.1, 0.15) is 25.4 Å². The largest absolute Gasteiger partial charge is 0.493 e. The molecule has 1 aromatic carbocycles. The quantitative estimate of drug-likeness (QED) is 0.833. The smallest absolute Gasteiger partial charge is 0.163 e. The topological polar surface area (TPSA) is 43.6 Å². The van der Waals surface area contributed by atoms with E-state index >= 15 is 0 Å². The van der Waals surface area contributed by atoms with E-state index in [1.54, 1.807) is 7.11 Å². The van der Waals surface area contributed by atoms with Crippen molar-refractivity contribution in [3.63, 3.8) is 0 Å². The fourth-order valence-electron chi connectivity index (χ4n) is 1.95. The Morgan fingerprint density at radius 2 is 1.85 bits per heavy atom. The van der Waals surface area contributed by atoms with Gasteiger partial charge < -0.3 is 19.2 Å². The van der Waals surface area contributed by atoms with Gasteiger partial charge in [0.2, 0.25) is 0 Å². The molecule has 20 heavy (non-hydrogen) atoms. The first-order valence-electron chi connectivity index (χ1n) is 6.89. The first-order chi connectivity index (χ1) is 9.76. The summed E-state index contributed by atoms with van der Waals surface area (Å²) in [4.78, 5) is 0. The molecule has 4 heteroatoms. The minimum Gasteiger partial charge on any atom is -0.493 e. The highest BCUT2D eigenvalue weighted by molar-refractivity contribution is 5.54. The maximum absolute atomic E-state index is 5.66. The summed E-state index contributed by atoms with van der Waals surface area (Å²) < 4.78 is 16.5. The van der Waals surface area contributed by atoms with Gasteiger partial charge in [-0.25, -0.2) is 0 Å². The Morgan fingerprint density at radius 1 is 1.05 bits per heavy atom. The molecule has 2 aromatic rings. The van der Waals surface area contributed by atoms with Crippen molar-refractivity contribution in [3.8, 4) is 11.5 Å². The summed E-state index contributed by atoms with van der Waals surface area (Å²) in [6, 6.07) is 9.80. The number of aryl methyl sites for hydroxylation is 1. The van der Waals surface area contributed by atoms with Crippen LogP contribution >= 0.6 is 0 Å². The SMILES string of the molecule is CCOc1cc(NCc2ccc(CC)o2)ccc1OC. The zero-order chi connectivity index (χ0) is 14.4. The van der Waals surface area contributed by atoms with Crippen molar-refractivity contribution in [1.82, 2.24) is 0 Å². The van der Waals surface area contributed by atoms with Crippen LogP contribution in [0.3, 0.4) is 0 Å². The van der Waals surface area contributed by atoms with Crippen molar-refractivity contribution in [1.29, 1.82) is 0 Å². The number of furan rings is 1. The Kier molecular flexibility index (Phi) is 4.93. The minimum absolute atomic E-state index is 0.609. The first kappa shape index (κ1) is 14.3. The van der Waals surface area contributed by atoms with Crippen molar-refractivity contribution in [2.75, 3.05) is 19.0 Å². The highest BCUT2D eigenvalue weighted by Gasteiger charge is 2.06. The minimum atomic E-state index is 0.609. The van der Waals surface area contributed by atoms with Gasteiger partial charge in [0.25, 0.3) is 0 Å². The second-order valence-electron chi connectivity index (χ2n) is 4.37. The predicted molar refractivity (Wildman–Crippen MR) is 79.6 cm³/mol. The normalized spacial score (nSPS) is 10.3. The average molecular weight is 275 g/mol. The lowest BCUT2D eigenvalue weighted by molar-refractivity contribution is 0.311. The highest BCUT2D eigenvalue weighted by atomic mass is 16.5. The molecule has 2 rings (SSSR count). The molecule has 4 nitrogen and oxygen atoms in total. The zero-order valence-electron chi connectivity index (χ0n) is 12.2. The summed E-state index contributed by atoms with van der Waals surface area (Å²) in [5.74, 6) is 3.42. The lowest BCUT2D eigenvalue weighted by atomic mass is 10.2. The van der Waals surface area contributed by atoms with E-state index in [9.17, 15) is 0 Å². The monoisotopic (exact) mass is 275 g/mol. The third-order valence-corrected chi connectivity index (χ3v) is 3.00. The maximum atomic E-state index is 5.66. The van der Waals surface area contributed by atoms with Gasteiger partial charge in [0.1, 0.15) is 11.5 Å². The van der Waals surface area contributed by atoms with Crippen LogP contribution < -0.4 is 14.8 Å². The van der Waals surface area contributed by atoms with Crippen molar-refractivity contribution in [2.45, 2.75) is 26.8 Å². The van der Waals surface area contributed by atoms with E-state index in [-0.39, 0.29) is 0 Å². The molecular weight excluding hydrogens is 254 g/mol. The first-order valence-corrected chi connectivity index (χ1v) is 6.89. The fourth-order valence-corrected chi connectivity index (χ4v) is 1.95. The molecule has 1 heterocycles. The van der Waals surface area contributed by atoms with Crippen LogP contribution in [0.15, 0.2) is 34.7 Å². The lowest BCUT2D eigenvalue weighted by Gasteiger charge is -2.11.